The van der Waals surface area contributed by atoms with Gasteiger partial charge in [-0.2, -0.15) is 0 Å². The number of carbonyl (C=O) groups is 1. The highest BCUT2D eigenvalue weighted by molar-refractivity contribution is 7.19. The predicted molar refractivity (Wildman–Crippen MR) is 119 cm³/mol. The summed E-state index contributed by atoms with van der Waals surface area (Å²) in [4.78, 5) is 17.5. The number of furan rings is 1. The van der Waals surface area contributed by atoms with Crippen LogP contribution < -0.4 is 10.2 Å². The second-order valence-electron chi connectivity index (χ2n) is 8.16. The molecule has 3 aromatic rings. The van der Waals surface area contributed by atoms with E-state index in [4.69, 9.17) is 4.42 Å². The number of amides is 1. The van der Waals surface area contributed by atoms with Crippen molar-refractivity contribution >= 4 is 38.5 Å². The molecule has 8 heteroatoms. The fourth-order valence-corrected chi connectivity index (χ4v) is 5.32. The largest absolute Gasteiger partial charge is 0.451 e. The number of anilines is 2. The van der Waals surface area contributed by atoms with Gasteiger partial charge in [0, 0.05) is 24.5 Å². The molecule has 0 bridgehead atoms. The predicted octanol–water partition coefficient (Wildman–Crippen LogP) is 4.38. The zero-order valence-electron chi connectivity index (χ0n) is 17.0. The van der Waals surface area contributed by atoms with Gasteiger partial charge in [0.1, 0.15) is 5.58 Å². The fraction of sp³-hybridized carbons (Fsp3) is 0.500. The molecule has 1 aromatic carbocycles. The first kappa shape index (κ1) is 19.5. The van der Waals surface area contributed by atoms with Crippen LogP contribution in [0.1, 0.15) is 49.1 Å². The number of fused-ring (bicyclic) bond motifs is 1. The molecular weight excluding hydrogens is 398 g/mol. The van der Waals surface area contributed by atoms with Gasteiger partial charge in [-0.25, -0.2) is 0 Å². The van der Waals surface area contributed by atoms with E-state index in [-0.39, 0.29) is 11.7 Å². The Bertz CT molecular complexity index is 967. The van der Waals surface area contributed by atoms with Gasteiger partial charge in [0.2, 0.25) is 10.3 Å². The average Bonchev–Trinajstić information content (AvgIpc) is 3.33. The molecule has 7 nitrogen and oxygen atoms in total. The molecule has 30 heavy (non-hydrogen) atoms. The molecule has 1 N–H and O–H groups in total. The summed E-state index contributed by atoms with van der Waals surface area (Å²) in [7, 11) is 0. The lowest BCUT2D eigenvalue weighted by molar-refractivity contribution is 0.0998. The minimum absolute atomic E-state index is 0.284. The number of hydrogen-bond acceptors (Lipinski definition) is 7. The van der Waals surface area contributed by atoms with Crippen LogP contribution in [0.15, 0.2) is 34.7 Å². The summed E-state index contributed by atoms with van der Waals surface area (Å²) in [5.41, 5.74) is 0.702. The maximum atomic E-state index is 12.5. The number of rotatable bonds is 4. The molecule has 0 saturated carbocycles. The van der Waals surface area contributed by atoms with E-state index in [1.165, 1.54) is 63.0 Å². The van der Waals surface area contributed by atoms with Crippen LogP contribution in [0.25, 0.3) is 11.0 Å². The van der Waals surface area contributed by atoms with E-state index < -0.39 is 0 Å². The molecule has 1 amide bonds. The Morgan fingerprint density at radius 1 is 1.03 bits per heavy atom. The van der Waals surface area contributed by atoms with Gasteiger partial charge in [-0.1, -0.05) is 42.4 Å². The summed E-state index contributed by atoms with van der Waals surface area (Å²) in [6.07, 6.45) is 7.77. The highest BCUT2D eigenvalue weighted by Crippen LogP contribution is 2.29. The van der Waals surface area contributed by atoms with Crippen molar-refractivity contribution in [2.75, 3.05) is 36.4 Å². The van der Waals surface area contributed by atoms with Crippen LogP contribution in [0.4, 0.5) is 10.3 Å². The molecule has 0 aliphatic carbocycles. The van der Waals surface area contributed by atoms with Crippen LogP contribution in [-0.4, -0.2) is 53.2 Å². The molecule has 0 atom stereocenters. The van der Waals surface area contributed by atoms with E-state index in [0.717, 1.165) is 23.6 Å². The third-order valence-corrected chi connectivity index (χ3v) is 7.08. The first-order valence-electron chi connectivity index (χ1n) is 10.9. The van der Waals surface area contributed by atoms with Crippen LogP contribution >= 0.6 is 11.3 Å². The molecule has 2 aromatic heterocycles. The van der Waals surface area contributed by atoms with Gasteiger partial charge in [-0.05, 0) is 50.9 Å². The number of piperidine rings is 1. The molecule has 0 unspecified atom stereocenters. The summed E-state index contributed by atoms with van der Waals surface area (Å²) < 4.78 is 5.63. The van der Waals surface area contributed by atoms with E-state index >= 15 is 0 Å². The zero-order chi connectivity index (χ0) is 20.3. The highest BCUT2D eigenvalue weighted by Gasteiger charge is 2.27. The van der Waals surface area contributed by atoms with Crippen LogP contribution in [0.3, 0.4) is 0 Å². The Morgan fingerprint density at radius 2 is 1.80 bits per heavy atom. The van der Waals surface area contributed by atoms with E-state index in [1.807, 2.05) is 24.3 Å². The van der Waals surface area contributed by atoms with E-state index in [1.54, 1.807) is 6.07 Å². The molecule has 158 valence electrons. The number of nitrogens with one attached hydrogen (secondary N) is 1. The first-order valence-corrected chi connectivity index (χ1v) is 11.7. The van der Waals surface area contributed by atoms with Crippen LogP contribution in [0, 0.1) is 0 Å². The first-order chi connectivity index (χ1) is 14.8. The number of hydrogen-bond donors (Lipinski definition) is 1. The van der Waals surface area contributed by atoms with Crippen molar-refractivity contribution in [2.24, 2.45) is 0 Å². The molecule has 2 aliphatic heterocycles. The Hall–Kier alpha value is -2.45. The van der Waals surface area contributed by atoms with Crippen molar-refractivity contribution in [3.05, 3.63) is 36.1 Å². The SMILES string of the molecule is O=C(Nc1nnc(N2CCC(N3CCCCCC3)CC2)s1)c1cc2ccccc2o1. The number of nitrogens with zero attached hydrogens (tertiary/aromatic N) is 4. The number of benzene rings is 1. The van der Waals surface area contributed by atoms with Gasteiger partial charge in [0.05, 0.1) is 0 Å². The van der Waals surface area contributed by atoms with E-state index in [2.05, 4.69) is 25.3 Å². The summed E-state index contributed by atoms with van der Waals surface area (Å²) in [6.45, 7) is 4.49. The minimum Gasteiger partial charge on any atom is -0.451 e. The number of para-hydroxylation sites is 1. The Labute approximate surface area is 180 Å². The van der Waals surface area contributed by atoms with Gasteiger partial charge in [-0.15, -0.1) is 10.2 Å². The van der Waals surface area contributed by atoms with Crippen LogP contribution in [0.5, 0.6) is 0 Å². The number of aromatic nitrogens is 2. The molecule has 0 spiro atoms. The van der Waals surface area contributed by atoms with Crippen molar-refractivity contribution in [1.29, 1.82) is 0 Å². The van der Waals surface area contributed by atoms with Crippen molar-refractivity contribution in [2.45, 2.75) is 44.6 Å². The topological polar surface area (TPSA) is 74.5 Å². The monoisotopic (exact) mass is 425 g/mol. The summed E-state index contributed by atoms with van der Waals surface area (Å²) in [5.74, 6) is -0.0139. The van der Waals surface area contributed by atoms with Crippen molar-refractivity contribution in [3.63, 3.8) is 0 Å². The Balaban J connectivity index is 1.18. The van der Waals surface area contributed by atoms with Gasteiger partial charge >= 0.3 is 0 Å². The smallest absolute Gasteiger partial charge is 0.293 e. The van der Waals surface area contributed by atoms with Gasteiger partial charge in [0.15, 0.2) is 5.76 Å². The lowest BCUT2D eigenvalue weighted by Crippen LogP contribution is -2.45. The van der Waals surface area contributed by atoms with E-state index in [9.17, 15) is 4.79 Å². The summed E-state index contributed by atoms with van der Waals surface area (Å²) >= 11 is 1.43. The fourth-order valence-electron chi connectivity index (χ4n) is 4.53. The van der Waals surface area contributed by atoms with Crippen LogP contribution in [-0.2, 0) is 0 Å². The maximum absolute atomic E-state index is 12.5. The molecule has 2 saturated heterocycles. The molecular formula is C22H27N5O2S. The zero-order valence-corrected chi connectivity index (χ0v) is 17.9. The van der Waals surface area contributed by atoms with Crippen LogP contribution in [0.2, 0.25) is 0 Å². The number of likely N-dealkylation sites (tertiary alicyclic amines) is 1. The lowest BCUT2D eigenvalue weighted by atomic mass is 10.0. The standard InChI is InChI=1S/C22H27N5O2S/c28-20(19-15-16-7-3-4-8-18(16)29-19)23-21-24-25-22(30-21)27-13-9-17(10-14-27)26-11-5-1-2-6-12-26/h3-4,7-8,15,17H,1-2,5-6,9-14H2,(H,23,24,28). The van der Waals surface area contributed by atoms with Crippen molar-refractivity contribution < 1.29 is 9.21 Å². The summed E-state index contributed by atoms with van der Waals surface area (Å²) in [5, 5.41) is 13.6. The normalized spacial score (nSPS) is 19.1. The Morgan fingerprint density at radius 3 is 2.57 bits per heavy atom. The third-order valence-electron chi connectivity index (χ3n) is 6.18. The van der Waals surface area contributed by atoms with E-state index in [0.29, 0.717) is 16.8 Å². The lowest BCUT2D eigenvalue weighted by Gasteiger charge is -2.37. The molecule has 0 radical (unpaired) electrons. The maximum Gasteiger partial charge on any atom is 0.293 e. The Kier molecular flexibility index (Phi) is 5.68. The summed E-state index contributed by atoms with van der Waals surface area (Å²) in [6, 6.07) is 10.0. The third kappa shape index (κ3) is 4.20. The molecule has 4 heterocycles. The van der Waals surface area contributed by atoms with Gasteiger partial charge in [0.25, 0.3) is 5.91 Å². The molecule has 2 fully saturated rings. The quantitative estimate of drug-likeness (QED) is 0.669. The van der Waals surface area contributed by atoms with Crippen molar-refractivity contribution in [1.82, 2.24) is 15.1 Å². The molecule has 2 aliphatic rings. The second-order valence-corrected chi connectivity index (χ2v) is 9.12. The average molecular weight is 426 g/mol. The highest BCUT2D eigenvalue weighted by atomic mass is 32.1. The van der Waals surface area contributed by atoms with Crippen molar-refractivity contribution in [3.8, 4) is 0 Å². The van der Waals surface area contributed by atoms with Gasteiger partial charge < -0.3 is 14.2 Å². The minimum atomic E-state index is -0.297. The second kappa shape index (κ2) is 8.73. The number of carbonyl (C=O) groups excluding carboxylic acids is 1. The van der Waals surface area contributed by atoms with Gasteiger partial charge in [-0.3, -0.25) is 10.1 Å². The molecule has 5 rings (SSSR count).